The van der Waals surface area contributed by atoms with Crippen molar-refractivity contribution in [1.29, 1.82) is 0 Å². The van der Waals surface area contributed by atoms with E-state index in [2.05, 4.69) is 0 Å². The van der Waals surface area contributed by atoms with E-state index in [0.29, 0.717) is 14.0 Å². The van der Waals surface area contributed by atoms with Crippen molar-refractivity contribution in [2.75, 3.05) is 0 Å². The van der Waals surface area contributed by atoms with E-state index in [1.165, 1.54) is 0 Å². The summed E-state index contributed by atoms with van der Waals surface area (Å²) >= 11 is 0. The van der Waals surface area contributed by atoms with E-state index in [1.807, 2.05) is 89.2 Å². The zero-order valence-corrected chi connectivity index (χ0v) is 16.5. The van der Waals surface area contributed by atoms with Crippen molar-refractivity contribution in [2.45, 2.75) is 44.4 Å². The standard InChI is InChI=1S/C20H24O2S2/c1-15-6-10-17(11-7-15)23(21)19(14-20(3,4)5)24(22)18-12-8-16(2)9-13-18/h6-14H,1-5H3/t23-,24-/m0/s1. The highest BCUT2D eigenvalue weighted by Gasteiger charge is 2.22. The van der Waals surface area contributed by atoms with Crippen LogP contribution < -0.4 is 0 Å². The first-order valence-corrected chi connectivity index (χ1v) is 10.2. The van der Waals surface area contributed by atoms with E-state index < -0.39 is 21.6 Å². The van der Waals surface area contributed by atoms with Crippen LogP contribution in [0.15, 0.2) is 68.6 Å². The molecule has 2 rings (SSSR count). The van der Waals surface area contributed by atoms with Gasteiger partial charge >= 0.3 is 0 Å². The lowest BCUT2D eigenvalue weighted by atomic mass is 9.98. The third-order valence-corrected chi connectivity index (χ3v) is 6.66. The van der Waals surface area contributed by atoms with E-state index in [4.69, 9.17) is 0 Å². The van der Waals surface area contributed by atoms with Gasteiger partial charge in [0.15, 0.2) is 0 Å². The van der Waals surface area contributed by atoms with E-state index >= 15 is 0 Å². The molecule has 0 aliphatic heterocycles. The van der Waals surface area contributed by atoms with Gasteiger partial charge < -0.3 is 0 Å². The summed E-state index contributed by atoms with van der Waals surface area (Å²) in [5.41, 5.74) is 2.00. The molecule has 0 bridgehead atoms. The Morgan fingerprint density at radius 1 is 0.750 bits per heavy atom. The summed E-state index contributed by atoms with van der Waals surface area (Å²) in [7, 11) is -2.90. The number of hydrogen-bond donors (Lipinski definition) is 0. The van der Waals surface area contributed by atoms with Crippen LogP contribution in [0, 0.1) is 19.3 Å². The lowest BCUT2D eigenvalue weighted by molar-refractivity contribution is 0.543. The molecule has 0 radical (unpaired) electrons. The van der Waals surface area contributed by atoms with E-state index in [1.54, 1.807) is 0 Å². The molecule has 0 aliphatic rings. The summed E-state index contributed by atoms with van der Waals surface area (Å²) in [5.74, 6) is 0. The molecule has 128 valence electrons. The molecular weight excluding hydrogens is 336 g/mol. The van der Waals surface area contributed by atoms with Crippen molar-refractivity contribution in [2.24, 2.45) is 5.41 Å². The first-order chi connectivity index (χ1) is 11.2. The Hall–Kier alpha value is -1.52. The van der Waals surface area contributed by atoms with Crippen LogP contribution in [0.1, 0.15) is 31.9 Å². The molecule has 2 nitrogen and oxygen atoms in total. The van der Waals surface area contributed by atoms with Gasteiger partial charge in [-0.25, -0.2) is 8.42 Å². The Balaban J connectivity index is 2.47. The fourth-order valence-corrected chi connectivity index (χ4v) is 5.37. The van der Waals surface area contributed by atoms with Crippen LogP contribution in [0.25, 0.3) is 0 Å². The normalized spacial score (nSPS) is 14.0. The predicted molar refractivity (Wildman–Crippen MR) is 103 cm³/mol. The van der Waals surface area contributed by atoms with Crippen molar-refractivity contribution in [3.63, 3.8) is 0 Å². The molecule has 0 N–H and O–H groups in total. The molecule has 0 fully saturated rings. The molecular formula is C20H24O2S2. The Kier molecular flexibility index (Phi) is 5.94. The maximum absolute atomic E-state index is 13.1. The van der Waals surface area contributed by atoms with Crippen LogP contribution in [0.5, 0.6) is 0 Å². The maximum atomic E-state index is 13.1. The zero-order chi connectivity index (χ0) is 17.9. The smallest absolute Gasteiger partial charge is 0.109 e. The lowest BCUT2D eigenvalue weighted by Gasteiger charge is -2.16. The maximum Gasteiger partial charge on any atom is 0.109 e. The molecule has 0 unspecified atom stereocenters. The van der Waals surface area contributed by atoms with Gasteiger partial charge in [-0.15, -0.1) is 0 Å². The zero-order valence-electron chi connectivity index (χ0n) is 14.8. The van der Waals surface area contributed by atoms with Crippen molar-refractivity contribution in [3.8, 4) is 0 Å². The first kappa shape index (κ1) is 18.8. The van der Waals surface area contributed by atoms with Gasteiger partial charge in [0.05, 0.1) is 21.6 Å². The Bertz CT molecular complexity index is 720. The van der Waals surface area contributed by atoms with Crippen LogP contribution in [0.4, 0.5) is 0 Å². The van der Waals surface area contributed by atoms with Crippen molar-refractivity contribution in [1.82, 2.24) is 0 Å². The molecule has 24 heavy (non-hydrogen) atoms. The summed E-state index contributed by atoms with van der Waals surface area (Å²) in [6.07, 6.45) is 1.87. The van der Waals surface area contributed by atoms with Gasteiger partial charge in [0, 0.05) is 9.79 Å². The number of allylic oxidation sites excluding steroid dienone is 1. The van der Waals surface area contributed by atoms with Gasteiger partial charge in [0.2, 0.25) is 0 Å². The topological polar surface area (TPSA) is 34.1 Å². The first-order valence-electron chi connectivity index (χ1n) is 7.87. The summed E-state index contributed by atoms with van der Waals surface area (Å²) in [6.45, 7) is 10.0. The van der Waals surface area contributed by atoms with Crippen molar-refractivity contribution in [3.05, 3.63) is 70.0 Å². The van der Waals surface area contributed by atoms with Gasteiger partial charge in [0.25, 0.3) is 0 Å². The molecule has 0 aliphatic carbocycles. The number of rotatable bonds is 4. The third-order valence-electron chi connectivity index (χ3n) is 3.39. The molecule has 0 heterocycles. The fourth-order valence-electron chi connectivity index (χ4n) is 2.09. The van der Waals surface area contributed by atoms with Crippen LogP contribution in [0.2, 0.25) is 0 Å². The highest BCUT2D eigenvalue weighted by molar-refractivity contribution is 8.08. The van der Waals surface area contributed by atoms with E-state index in [9.17, 15) is 8.42 Å². The minimum Gasteiger partial charge on any atom is -0.248 e. The van der Waals surface area contributed by atoms with Crippen molar-refractivity contribution >= 4 is 21.6 Å². The van der Waals surface area contributed by atoms with E-state index in [0.717, 1.165) is 11.1 Å². The second-order valence-corrected chi connectivity index (χ2v) is 10.1. The Morgan fingerprint density at radius 2 is 1.08 bits per heavy atom. The number of aryl methyl sites for hydroxylation is 2. The van der Waals surface area contributed by atoms with Crippen LogP contribution in [0.3, 0.4) is 0 Å². The summed E-state index contributed by atoms with van der Waals surface area (Å²) < 4.78 is 26.6. The average Bonchev–Trinajstić information content (AvgIpc) is 2.52. The Labute approximate surface area is 149 Å². The second-order valence-electron chi connectivity index (χ2n) is 6.99. The molecule has 0 amide bonds. The SMILES string of the molecule is Cc1ccc([S@](=O)C(=CC(C)(C)C)[S@@](=O)c2ccc(C)cc2)cc1. The molecule has 0 saturated carbocycles. The molecule has 2 atom stereocenters. The minimum atomic E-state index is -1.45. The van der Waals surface area contributed by atoms with Gasteiger partial charge in [-0.1, -0.05) is 62.2 Å². The highest BCUT2D eigenvalue weighted by atomic mass is 32.2. The predicted octanol–water partition coefficient (Wildman–Crippen LogP) is 5.11. The number of hydrogen-bond acceptors (Lipinski definition) is 2. The van der Waals surface area contributed by atoms with Gasteiger partial charge in [0.1, 0.15) is 4.24 Å². The van der Waals surface area contributed by atoms with Crippen LogP contribution >= 0.6 is 0 Å². The second kappa shape index (κ2) is 7.58. The summed E-state index contributed by atoms with van der Waals surface area (Å²) in [6, 6.07) is 15.1. The molecule has 2 aromatic carbocycles. The number of benzene rings is 2. The average molecular weight is 361 g/mol. The molecule has 2 aromatic rings. The monoisotopic (exact) mass is 360 g/mol. The lowest BCUT2D eigenvalue weighted by Crippen LogP contribution is -2.10. The van der Waals surface area contributed by atoms with E-state index in [-0.39, 0.29) is 5.41 Å². The highest BCUT2D eigenvalue weighted by Crippen LogP contribution is 2.28. The van der Waals surface area contributed by atoms with Crippen molar-refractivity contribution < 1.29 is 8.42 Å². The fraction of sp³-hybridized carbons (Fsp3) is 0.300. The largest absolute Gasteiger partial charge is 0.248 e. The van der Waals surface area contributed by atoms with Crippen LogP contribution in [-0.2, 0) is 21.6 Å². The molecule has 0 saturated heterocycles. The quantitative estimate of drug-likeness (QED) is 0.759. The Morgan fingerprint density at radius 3 is 1.38 bits per heavy atom. The minimum absolute atomic E-state index is 0.212. The summed E-state index contributed by atoms with van der Waals surface area (Å²) in [4.78, 5) is 1.35. The molecule has 0 aromatic heterocycles. The van der Waals surface area contributed by atoms with Gasteiger partial charge in [-0.2, -0.15) is 0 Å². The van der Waals surface area contributed by atoms with Gasteiger partial charge in [-0.3, -0.25) is 0 Å². The third kappa shape index (κ3) is 4.99. The molecule has 4 heteroatoms. The summed E-state index contributed by atoms with van der Waals surface area (Å²) in [5, 5.41) is 0. The van der Waals surface area contributed by atoms with Gasteiger partial charge in [-0.05, 0) is 43.5 Å². The van der Waals surface area contributed by atoms with Crippen LogP contribution in [-0.4, -0.2) is 8.42 Å². The molecule has 0 spiro atoms.